The monoisotopic (exact) mass is 250 g/mol. The van der Waals surface area contributed by atoms with Crippen molar-refractivity contribution in [3.05, 3.63) is 28.2 Å². The number of hydrogen-bond acceptors (Lipinski definition) is 5. The van der Waals surface area contributed by atoms with Crippen molar-refractivity contribution in [2.45, 2.75) is 33.2 Å². The van der Waals surface area contributed by atoms with Gasteiger partial charge in [-0.2, -0.15) is 5.10 Å². The minimum absolute atomic E-state index is 0.127. The Kier molecular flexibility index (Phi) is 3.63. The van der Waals surface area contributed by atoms with Crippen LogP contribution in [0.25, 0.3) is 0 Å². The maximum absolute atomic E-state index is 11.8. The second kappa shape index (κ2) is 5.18. The fraction of sp³-hybridized carbons (Fsp3) is 0.455. The summed E-state index contributed by atoms with van der Waals surface area (Å²) >= 11 is 1.53. The molecule has 0 aromatic carbocycles. The van der Waals surface area contributed by atoms with Gasteiger partial charge in [-0.1, -0.05) is 0 Å². The molecule has 0 aliphatic carbocycles. The molecule has 0 amide bonds. The number of thiazole rings is 1. The highest BCUT2D eigenvalue weighted by Gasteiger charge is 2.11. The summed E-state index contributed by atoms with van der Waals surface area (Å²) < 4.78 is 1.74. The van der Waals surface area contributed by atoms with Crippen LogP contribution in [-0.2, 0) is 24.2 Å². The molecule has 0 saturated carbocycles. The SMILES string of the molecule is CCn1ncnc1CC(=O)Cc1nc(C)cs1. The highest BCUT2D eigenvalue weighted by Crippen LogP contribution is 2.10. The lowest BCUT2D eigenvalue weighted by molar-refractivity contribution is -0.117. The Morgan fingerprint density at radius 2 is 2.29 bits per heavy atom. The molecule has 90 valence electrons. The molecule has 17 heavy (non-hydrogen) atoms. The summed E-state index contributed by atoms with van der Waals surface area (Å²) in [6.07, 6.45) is 2.20. The predicted octanol–water partition coefficient (Wildman–Crippen LogP) is 1.42. The van der Waals surface area contributed by atoms with Crippen molar-refractivity contribution >= 4 is 17.1 Å². The van der Waals surface area contributed by atoms with Crippen LogP contribution >= 0.6 is 11.3 Å². The van der Waals surface area contributed by atoms with Crippen molar-refractivity contribution < 1.29 is 4.79 Å². The second-order valence-electron chi connectivity index (χ2n) is 3.77. The van der Waals surface area contributed by atoms with Gasteiger partial charge in [0.15, 0.2) is 0 Å². The number of aryl methyl sites for hydroxylation is 2. The molecule has 2 rings (SSSR count). The third-order valence-corrected chi connectivity index (χ3v) is 3.33. The van der Waals surface area contributed by atoms with E-state index in [2.05, 4.69) is 15.1 Å². The van der Waals surface area contributed by atoms with Crippen LogP contribution in [0.4, 0.5) is 0 Å². The van der Waals surface area contributed by atoms with E-state index in [1.54, 1.807) is 4.68 Å². The third kappa shape index (κ3) is 2.97. The van der Waals surface area contributed by atoms with Gasteiger partial charge in [0.25, 0.3) is 0 Å². The number of aromatic nitrogens is 4. The average Bonchev–Trinajstić information content (AvgIpc) is 2.87. The lowest BCUT2D eigenvalue weighted by Gasteiger charge is -2.01. The van der Waals surface area contributed by atoms with Gasteiger partial charge in [-0.25, -0.2) is 14.6 Å². The molecule has 0 saturated heterocycles. The zero-order valence-corrected chi connectivity index (χ0v) is 10.7. The topological polar surface area (TPSA) is 60.7 Å². The van der Waals surface area contributed by atoms with Crippen LogP contribution in [0.3, 0.4) is 0 Å². The predicted molar refractivity (Wildman–Crippen MR) is 65.0 cm³/mol. The van der Waals surface area contributed by atoms with Crippen LogP contribution in [0.15, 0.2) is 11.7 Å². The van der Waals surface area contributed by atoms with Crippen molar-refractivity contribution in [2.75, 3.05) is 0 Å². The lowest BCUT2D eigenvalue weighted by atomic mass is 10.2. The maximum atomic E-state index is 11.8. The van der Waals surface area contributed by atoms with Gasteiger partial charge in [-0.15, -0.1) is 11.3 Å². The van der Waals surface area contributed by atoms with Crippen molar-refractivity contribution in [3.63, 3.8) is 0 Å². The molecule has 0 atom stereocenters. The second-order valence-corrected chi connectivity index (χ2v) is 4.71. The van der Waals surface area contributed by atoms with Gasteiger partial charge in [-0.05, 0) is 13.8 Å². The molecule has 0 N–H and O–H groups in total. The molecule has 2 heterocycles. The molecule has 0 unspecified atom stereocenters. The summed E-state index contributed by atoms with van der Waals surface area (Å²) in [5, 5.41) is 6.87. The van der Waals surface area contributed by atoms with Crippen molar-refractivity contribution in [1.29, 1.82) is 0 Å². The fourth-order valence-corrected chi connectivity index (χ4v) is 2.38. The molecule has 0 fully saturated rings. The van der Waals surface area contributed by atoms with Crippen LogP contribution in [0, 0.1) is 6.92 Å². The van der Waals surface area contributed by atoms with E-state index in [0.717, 1.165) is 23.1 Å². The number of carbonyl (C=O) groups is 1. The van der Waals surface area contributed by atoms with Gasteiger partial charge >= 0.3 is 0 Å². The Morgan fingerprint density at radius 1 is 1.47 bits per heavy atom. The summed E-state index contributed by atoms with van der Waals surface area (Å²) in [4.78, 5) is 20.2. The van der Waals surface area contributed by atoms with E-state index in [1.165, 1.54) is 17.7 Å². The summed E-state index contributed by atoms with van der Waals surface area (Å²) in [6.45, 7) is 4.64. The van der Waals surface area contributed by atoms with Crippen LogP contribution < -0.4 is 0 Å². The number of ketones is 1. The van der Waals surface area contributed by atoms with E-state index in [4.69, 9.17) is 0 Å². The van der Waals surface area contributed by atoms with Crippen LogP contribution in [0.5, 0.6) is 0 Å². The van der Waals surface area contributed by atoms with Gasteiger partial charge in [0.2, 0.25) is 0 Å². The van der Waals surface area contributed by atoms with Crippen LogP contribution in [0.1, 0.15) is 23.4 Å². The lowest BCUT2D eigenvalue weighted by Crippen LogP contribution is -2.12. The number of rotatable bonds is 5. The van der Waals surface area contributed by atoms with Gasteiger partial charge < -0.3 is 0 Å². The summed E-state index contributed by atoms with van der Waals surface area (Å²) in [7, 11) is 0. The summed E-state index contributed by atoms with van der Waals surface area (Å²) in [5.41, 5.74) is 0.967. The molecule has 0 aliphatic rings. The molecule has 0 radical (unpaired) electrons. The van der Waals surface area contributed by atoms with Crippen molar-refractivity contribution in [1.82, 2.24) is 19.7 Å². The first kappa shape index (κ1) is 11.9. The quantitative estimate of drug-likeness (QED) is 0.805. The van der Waals surface area contributed by atoms with E-state index in [9.17, 15) is 4.79 Å². The van der Waals surface area contributed by atoms with Gasteiger partial charge in [0.05, 0.1) is 12.8 Å². The first-order valence-corrected chi connectivity index (χ1v) is 6.36. The molecule has 0 aliphatic heterocycles. The third-order valence-electron chi connectivity index (χ3n) is 2.37. The van der Waals surface area contributed by atoms with E-state index >= 15 is 0 Å². The van der Waals surface area contributed by atoms with Gasteiger partial charge in [-0.3, -0.25) is 4.79 Å². The van der Waals surface area contributed by atoms with Crippen molar-refractivity contribution in [2.24, 2.45) is 0 Å². The van der Waals surface area contributed by atoms with E-state index in [1.807, 2.05) is 19.2 Å². The van der Waals surface area contributed by atoms with Crippen molar-refractivity contribution in [3.8, 4) is 0 Å². The number of Topliss-reactive ketones (excluding diaryl/α,β-unsaturated/α-hetero) is 1. The molecule has 0 spiro atoms. The Morgan fingerprint density at radius 3 is 2.94 bits per heavy atom. The Labute approximate surface area is 104 Å². The first-order valence-electron chi connectivity index (χ1n) is 5.48. The van der Waals surface area contributed by atoms with Crippen LogP contribution in [-0.4, -0.2) is 25.5 Å². The largest absolute Gasteiger partial charge is 0.299 e. The summed E-state index contributed by atoms with van der Waals surface area (Å²) in [5.74, 6) is 0.854. The highest BCUT2D eigenvalue weighted by molar-refractivity contribution is 7.09. The fourth-order valence-electron chi connectivity index (χ4n) is 1.58. The van der Waals surface area contributed by atoms with E-state index in [-0.39, 0.29) is 5.78 Å². The molecular weight excluding hydrogens is 236 g/mol. The van der Waals surface area contributed by atoms with Gasteiger partial charge in [0, 0.05) is 17.6 Å². The Bertz CT molecular complexity index is 517. The number of nitrogens with zero attached hydrogens (tertiary/aromatic N) is 4. The molecule has 5 nitrogen and oxygen atoms in total. The molecule has 0 bridgehead atoms. The van der Waals surface area contributed by atoms with Crippen LogP contribution in [0.2, 0.25) is 0 Å². The number of carbonyl (C=O) groups excluding carboxylic acids is 1. The molecular formula is C11H14N4OS. The Hall–Kier alpha value is -1.56. The highest BCUT2D eigenvalue weighted by atomic mass is 32.1. The van der Waals surface area contributed by atoms with Gasteiger partial charge in [0.1, 0.15) is 22.9 Å². The maximum Gasteiger partial charge on any atom is 0.147 e. The summed E-state index contributed by atoms with van der Waals surface area (Å²) in [6, 6.07) is 0. The molecule has 2 aromatic rings. The standard InChI is InChI=1S/C11H14N4OS/c1-3-15-10(12-7-13-15)4-9(16)5-11-14-8(2)6-17-11/h6-7H,3-5H2,1-2H3. The minimum atomic E-state index is 0.127. The van der Waals surface area contributed by atoms with E-state index < -0.39 is 0 Å². The smallest absolute Gasteiger partial charge is 0.147 e. The van der Waals surface area contributed by atoms with E-state index in [0.29, 0.717) is 12.8 Å². The zero-order valence-electron chi connectivity index (χ0n) is 9.88. The average molecular weight is 250 g/mol. The normalized spacial score (nSPS) is 10.7. The minimum Gasteiger partial charge on any atom is -0.299 e. The number of hydrogen-bond donors (Lipinski definition) is 0. The Balaban J connectivity index is 1.98. The zero-order chi connectivity index (χ0) is 12.3. The first-order chi connectivity index (χ1) is 8.19. The molecule has 2 aromatic heterocycles. The molecule has 6 heteroatoms.